The standard InChI is InChI=1S/C29H37N3O2S/c1-22-11-12-28-26(18-22)20-31(3)15-13-25(24-8-5-4-6-9-24)10-7-14-32(16-17-34-28)29(33)19-27-21-35-23(2)30-27/h4-6,8-9,11-12,18,21,25H,7,10,13-17,19-20H2,1-3H3. The van der Waals surface area contributed by atoms with Gasteiger partial charge >= 0.3 is 0 Å². The van der Waals surface area contributed by atoms with Crippen LogP contribution in [0.5, 0.6) is 5.75 Å². The SMILES string of the molecule is Cc1ccc2c(c1)CN(C)CCC(c1ccccc1)CCCN(C(=O)Cc1csc(C)n1)CCO2. The van der Waals surface area contributed by atoms with E-state index in [0.29, 0.717) is 25.5 Å². The number of carbonyl (C=O) groups excluding carboxylic acids is 1. The number of aryl methyl sites for hydroxylation is 2. The summed E-state index contributed by atoms with van der Waals surface area (Å²) in [6.07, 6.45) is 3.48. The average Bonchev–Trinajstić information content (AvgIpc) is 3.25. The molecule has 35 heavy (non-hydrogen) atoms. The highest BCUT2D eigenvalue weighted by molar-refractivity contribution is 7.09. The molecule has 3 aromatic rings. The maximum atomic E-state index is 13.2. The van der Waals surface area contributed by atoms with Crippen LogP contribution >= 0.6 is 11.3 Å². The van der Waals surface area contributed by atoms with Crippen molar-refractivity contribution in [2.75, 3.05) is 33.3 Å². The van der Waals surface area contributed by atoms with Gasteiger partial charge in [-0.15, -0.1) is 11.3 Å². The Hall–Kier alpha value is -2.70. The number of benzene rings is 2. The number of amides is 1. The molecule has 1 aliphatic rings. The number of thiazole rings is 1. The molecule has 1 amide bonds. The fourth-order valence-corrected chi connectivity index (χ4v) is 5.45. The number of hydrogen-bond donors (Lipinski definition) is 0. The van der Waals surface area contributed by atoms with E-state index in [2.05, 4.69) is 72.4 Å². The van der Waals surface area contributed by atoms with Crippen LogP contribution in [0.2, 0.25) is 0 Å². The van der Waals surface area contributed by atoms with Crippen molar-refractivity contribution in [2.24, 2.45) is 0 Å². The summed E-state index contributed by atoms with van der Waals surface area (Å²) < 4.78 is 6.23. The lowest BCUT2D eigenvalue weighted by Crippen LogP contribution is -2.37. The van der Waals surface area contributed by atoms with Gasteiger partial charge in [0.1, 0.15) is 12.4 Å². The largest absolute Gasteiger partial charge is 0.491 e. The molecule has 0 radical (unpaired) electrons. The van der Waals surface area contributed by atoms with Crippen molar-refractivity contribution in [1.29, 1.82) is 0 Å². The van der Waals surface area contributed by atoms with Gasteiger partial charge in [-0.05, 0) is 64.3 Å². The van der Waals surface area contributed by atoms with Gasteiger partial charge in [-0.25, -0.2) is 4.98 Å². The number of fused-ring (bicyclic) bond motifs is 1. The summed E-state index contributed by atoms with van der Waals surface area (Å²) in [5, 5.41) is 2.99. The van der Waals surface area contributed by atoms with Gasteiger partial charge in [0.15, 0.2) is 0 Å². The maximum Gasteiger partial charge on any atom is 0.228 e. The lowest BCUT2D eigenvalue weighted by Gasteiger charge is -2.27. The predicted octanol–water partition coefficient (Wildman–Crippen LogP) is 5.61. The third kappa shape index (κ3) is 7.39. The highest BCUT2D eigenvalue weighted by Gasteiger charge is 2.19. The van der Waals surface area contributed by atoms with E-state index in [4.69, 9.17) is 4.74 Å². The zero-order valence-corrected chi connectivity index (χ0v) is 22.0. The molecule has 0 aliphatic carbocycles. The monoisotopic (exact) mass is 491 g/mol. The Balaban J connectivity index is 1.53. The molecular weight excluding hydrogens is 454 g/mol. The van der Waals surface area contributed by atoms with Crippen LogP contribution in [0.3, 0.4) is 0 Å². The van der Waals surface area contributed by atoms with Crippen LogP contribution in [0, 0.1) is 13.8 Å². The fourth-order valence-electron chi connectivity index (χ4n) is 4.83. The van der Waals surface area contributed by atoms with Crippen LogP contribution in [0.25, 0.3) is 0 Å². The second-order valence-corrected chi connectivity index (χ2v) is 10.7. The number of aromatic nitrogens is 1. The fraction of sp³-hybridized carbons (Fsp3) is 0.448. The number of rotatable bonds is 3. The van der Waals surface area contributed by atoms with Crippen LogP contribution < -0.4 is 4.74 Å². The Morgan fingerprint density at radius 3 is 2.69 bits per heavy atom. The van der Waals surface area contributed by atoms with Gasteiger partial charge in [0.2, 0.25) is 5.91 Å². The maximum absolute atomic E-state index is 13.2. The molecular formula is C29H37N3O2S. The normalized spacial score (nSPS) is 18.4. The van der Waals surface area contributed by atoms with Crippen molar-refractivity contribution in [3.8, 4) is 5.75 Å². The number of ether oxygens (including phenoxy) is 1. The van der Waals surface area contributed by atoms with Crippen LogP contribution in [0.15, 0.2) is 53.9 Å². The van der Waals surface area contributed by atoms with Gasteiger partial charge in [0, 0.05) is 24.0 Å². The van der Waals surface area contributed by atoms with E-state index in [1.807, 2.05) is 17.2 Å². The van der Waals surface area contributed by atoms with Gasteiger partial charge in [-0.2, -0.15) is 0 Å². The average molecular weight is 492 g/mol. The minimum absolute atomic E-state index is 0.131. The first-order valence-corrected chi connectivity index (χ1v) is 13.5. The number of carbonyl (C=O) groups is 1. The minimum atomic E-state index is 0.131. The van der Waals surface area contributed by atoms with Gasteiger partial charge in [-0.3, -0.25) is 4.79 Å². The second kappa shape index (κ2) is 12.3. The van der Waals surface area contributed by atoms with Crippen molar-refractivity contribution in [2.45, 2.75) is 52.0 Å². The van der Waals surface area contributed by atoms with Gasteiger partial charge in [-0.1, -0.05) is 48.0 Å². The number of hydrogen-bond acceptors (Lipinski definition) is 5. The number of nitrogens with zero attached hydrogens (tertiary/aromatic N) is 3. The van der Waals surface area contributed by atoms with Crippen LogP contribution in [0.1, 0.15) is 52.6 Å². The van der Waals surface area contributed by atoms with Crippen molar-refractivity contribution < 1.29 is 9.53 Å². The molecule has 2 aromatic carbocycles. The lowest BCUT2D eigenvalue weighted by atomic mass is 9.91. The van der Waals surface area contributed by atoms with E-state index in [9.17, 15) is 4.79 Å². The van der Waals surface area contributed by atoms with Gasteiger partial charge in [0.05, 0.1) is 23.7 Å². The first-order chi connectivity index (χ1) is 17.0. The molecule has 6 heteroatoms. The summed E-state index contributed by atoms with van der Waals surface area (Å²) in [5.41, 5.74) is 4.70. The third-order valence-electron chi connectivity index (χ3n) is 6.74. The first-order valence-electron chi connectivity index (χ1n) is 12.6. The molecule has 0 N–H and O–H groups in total. The van der Waals surface area contributed by atoms with Crippen LogP contribution in [-0.2, 0) is 17.8 Å². The van der Waals surface area contributed by atoms with E-state index in [1.165, 1.54) is 16.7 Å². The van der Waals surface area contributed by atoms with E-state index in [0.717, 1.165) is 55.3 Å². The van der Waals surface area contributed by atoms with Crippen molar-refractivity contribution >= 4 is 17.2 Å². The summed E-state index contributed by atoms with van der Waals surface area (Å²) in [4.78, 5) is 22.1. The summed E-state index contributed by atoms with van der Waals surface area (Å²) in [6.45, 7) is 7.78. The second-order valence-electron chi connectivity index (χ2n) is 9.65. The van der Waals surface area contributed by atoms with E-state index in [1.54, 1.807) is 11.3 Å². The van der Waals surface area contributed by atoms with Gasteiger partial charge < -0.3 is 14.5 Å². The molecule has 0 saturated carbocycles. The van der Waals surface area contributed by atoms with Crippen molar-refractivity contribution in [3.05, 3.63) is 81.3 Å². The minimum Gasteiger partial charge on any atom is -0.491 e. The van der Waals surface area contributed by atoms with E-state index in [-0.39, 0.29) is 5.91 Å². The molecule has 0 spiro atoms. The zero-order chi connectivity index (χ0) is 24.6. The molecule has 1 aromatic heterocycles. The Morgan fingerprint density at radius 1 is 1.09 bits per heavy atom. The molecule has 1 unspecified atom stereocenters. The summed E-state index contributed by atoms with van der Waals surface area (Å²) in [6, 6.07) is 17.2. The zero-order valence-electron chi connectivity index (χ0n) is 21.2. The molecule has 4 rings (SSSR count). The molecule has 5 nitrogen and oxygen atoms in total. The molecule has 2 heterocycles. The Labute approximate surface area is 213 Å². The molecule has 0 saturated heterocycles. The lowest BCUT2D eigenvalue weighted by molar-refractivity contribution is -0.131. The van der Waals surface area contributed by atoms with Crippen LogP contribution in [-0.4, -0.2) is 54.0 Å². The predicted molar refractivity (Wildman–Crippen MR) is 143 cm³/mol. The molecule has 1 aliphatic heterocycles. The Kier molecular flexibility index (Phi) is 8.94. The third-order valence-corrected chi connectivity index (χ3v) is 7.56. The first kappa shape index (κ1) is 25.4. The summed E-state index contributed by atoms with van der Waals surface area (Å²) in [7, 11) is 2.20. The van der Waals surface area contributed by atoms with Gasteiger partial charge in [0.25, 0.3) is 0 Å². The van der Waals surface area contributed by atoms with Crippen molar-refractivity contribution in [1.82, 2.24) is 14.8 Å². The topological polar surface area (TPSA) is 45.7 Å². The van der Waals surface area contributed by atoms with Crippen LogP contribution in [0.4, 0.5) is 0 Å². The molecule has 0 fully saturated rings. The highest BCUT2D eigenvalue weighted by Crippen LogP contribution is 2.27. The summed E-state index contributed by atoms with van der Waals surface area (Å²) in [5.74, 6) is 1.53. The summed E-state index contributed by atoms with van der Waals surface area (Å²) >= 11 is 1.60. The van der Waals surface area contributed by atoms with E-state index >= 15 is 0 Å². The Morgan fingerprint density at radius 2 is 1.91 bits per heavy atom. The smallest absolute Gasteiger partial charge is 0.228 e. The molecule has 1 atom stereocenters. The molecule has 0 bridgehead atoms. The van der Waals surface area contributed by atoms with Crippen molar-refractivity contribution in [3.63, 3.8) is 0 Å². The molecule has 186 valence electrons. The Bertz CT molecular complexity index is 1100. The highest BCUT2D eigenvalue weighted by atomic mass is 32.1. The van der Waals surface area contributed by atoms with E-state index < -0.39 is 0 Å². The quantitative estimate of drug-likeness (QED) is 0.478.